The lowest BCUT2D eigenvalue weighted by Crippen LogP contribution is -2.42. The van der Waals surface area contributed by atoms with Crippen molar-refractivity contribution in [3.8, 4) is 0 Å². The van der Waals surface area contributed by atoms with E-state index < -0.39 is 6.10 Å². The summed E-state index contributed by atoms with van der Waals surface area (Å²) in [4.78, 5) is 8.48. The lowest BCUT2D eigenvalue weighted by atomic mass is 10.1. The van der Waals surface area contributed by atoms with Crippen molar-refractivity contribution in [3.63, 3.8) is 0 Å². The molecule has 1 aliphatic carbocycles. The Labute approximate surface area is 137 Å². The predicted molar refractivity (Wildman–Crippen MR) is 93.3 cm³/mol. The van der Waals surface area contributed by atoms with Crippen LogP contribution in [0.5, 0.6) is 0 Å². The molecule has 5 nitrogen and oxygen atoms in total. The molecule has 0 aliphatic heterocycles. The van der Waals surface area contributed by atoms with E-state index in [4.69, 9.17) is 0 Å². The van der Waals surface area contributed by atoms with E-state index in [0.717, 1.165) is 23.3 Å². The van der Waals surface area contributed by atoms with Gasteiger partial charge in [0, 0.05) is 30.2 Å². The number of hydrogen-bond donors (Lipinski definition) is 3. The van der Waals surface area contributed by atoms with Crippen LogP contribution in [0, 0.1) is 0 Å². The molecular weight excluding hydrogens is 296 g/mol. The Bertz CT molecular complexity index is 468. The number of guanidine groups is 1. The summed E-state index contributed by atoms with van der Waals surface area (Å²) in [6.07, 6.45) is 8.58. The Balaban J connectivity index is 1.89. The molecule has 0 spiro atoms. The first-order valence-electron chi connectivity index (χ1n) is 7.88. The number of aromatic nitrogens is 1. The van der Waals surface area contributed by atoms with Gasteiger partial charge in [-0.25, -0.2) is 0 Å². The van der Waals surface area contributed by atoms with Gasteiger partial charge in [0.15, 0.2) is 5.96 Å². The number of aliphatic hydroxyl groups excluding tert-OH is 1. The van der Waals surface area contributed by atoms with Crippen LogP contribution in [0.25, 0.3) is 0 Å². The van der Waals surface area contributed by atoms with E-state index in [-0.39, 0.29) is 0 Å². The third-order valence-electron chi connectivity index (χ3n) is 3.92. The number of rotatable bonds is 6. The Morgan fingerprint density at radius 2 is 2.23 bits per heavy atom. The molecule has 1 fully saturated rings. The third kappa shape index (κ3) is 5.18. The van der Waals surface area contributed by atoms with E-state index in [0.29, 0.717) is 12.6 Å². The summed E-state index contributed by atoms with van der Waals surface area (Å²) in [7, 11) is 0. The zero-order chi connectivity index (χ0) is 15.8. The second-order valence-corrected chi connectivity index (χ2v) is 6.67. The molecule has 1 heterocycles. The topological polar surface area (TPSA) is 69.5 Å². The van der Waals surface area contributed by atoms with E-state index >= 15 is 0 Å². The van der Waals surface area contributed by atoms with Crippen LogP contribution in [0.15, 0.2) is 29.5 Å². The van der Waals surface area contributed by atoms with Crippen molar-refractivity contribution >= 4 is 17.7 Å². The molecule has 0 bridgehead atoms. The van der Waals surface area contributed by atoms with Crippen molar-refractivity contribution < 1.29 is 5.11 Å². The summed E-state index contributed by atoms with van der Waals surface area (Å²) in [5, 5.41) is 17.7. The van der Waals surface area contributed by atoms with Gasteiger partial charge in [0.2, 0.25) is 0 Å². The van der Waals surface area contributed by atoms with Gasteiger partial charge >= 0.3 is 0 Å². The molecular formula is C16H26N4OS. The highest BCUT2D eigenvalue weighted by atomic mass is 32.2. The molecule has 0 aromatic carbocycles. The van der Waals surface area contributed by atoms with E-state index in [1.165, 1.54) is 19.3 Å². The van der Waals surface area contributed by atoms with Crippen LogP contribution in [0.1, 0.15) is 37.9 Å². The largest absolute Gasteiger partial charge is 0.386 e. The van der Waals surface area contributed by atoms with Gasteiger partial charge in [-0.15, -0.1) is 0 Å². The number of hydrogen-bond acceptors (Lipinski definition) is 4. The molecule has 1 saturated carbocycles. The highest BCUT2D eigenvalue weighted by molar-refractivity contribution is 7.99. The first-order valence-corrected chi connectivity index (χ1v) is 9.17. The number of aliphatic hydroxyl groups is 1. The van der Waals surface area contributed by atoms with E-state index in [2.05, 4.69) is 33.8 Å². The summed E-state index contributed by atoms with van der Waals surface area (Å²) in [5.74, 6) is 0.794. The third-order valence-corrected chi connectivity index (χ3v) is 5.01. The number of nitrogens with one attached hydrogen (secondary N) is 2. The molecule has 6 heteroatoms. The van der Waals surface area contributed by atoms with Crippen LogP contribution in [-0.2, 0) is 0 Å². The smallest absolute Gasteiger partial charge is 0.191 e. The Morgan fingerprint density at radius 1 is 1.45 bits per heavy atom. The minimum atomic E-state index is -0.596. The summed E-state index contributed by atoms with van der Waals surface area (Å²) in [6, 6.07) is 4.12. The molecule has 1 aromatic rings. The Morgan fingerprint density at radius 3 is 2.86 bits per heavy atom. The second kappa shape index (κ2) is 9.00. The normalized spacial score (nSPS) is 23.3. The second-order valence-electron chi connectivity index (χ2n) is 5.53. The molecule has 0 radical (unpaired) electrons. The minimum absolute atomic E-state index is 0.345. The first-order chi connectivity index (χ1) is 10.7. The van der Waals surface area contributed by atoms with Crippen molar-refractivity contribution in [1.29, 1.82) is 0 Å². The fourth-order valence-corrected chi connectivity index (χ4v) is 3.46. The summed E-state index contributed by atoms with van der Waals surface area (Å²) >= 11 is 1.95. The van der Waals surface area contributed by atoms with Crippen LogP contribution in [-0.4, -0.2) is 46.7 Å². The molecule has 3 atom stereocenters. The molecule has 122 valence electrons. The van der Waals surface area contributed by atoms with E-state index in [1.54, 1.807) is 12.4 Å². The number of thioether (sulfide) groups is 1. The van der Waals surface area contributed by atoms with Gasteiger partial charge in [0.25, 0.3) is 0 Å². The zero-order valence-corrected chi connectivity index (χ0v) is 14.1. The molecule has 0 saturated heterocycles. The highest BCUT2D eigenvalue weighted by Gasteiger charge is 2.24. The lowest BCUT2D eigenvalue weighted by molar-refractivity contribution is 0.187. The van der Waals surface area contributed by atoms with Crippen molar-refractivity contribution in [1.82, 2.24) is 15.6 Å². The minimum Gasteiger partial charge on any atom is -0.386 e. The molecule has 3 N–H and O–H groups in total. The number of aliphatic imine (C=N–C) groups is 1. The van der Waals surface area contributed by atoms with Gasteiger partial charge in [-0.05, 0) is 50.1 Å². The number of pyridine rings is 1. The molecule has 0 amide bonds. The van der Waals surface area contributed by atoms with Crippen LogP contribution in [0.2, 0.25) is 0 Å². The predicted octanol–water partition coefficient (Wildman–Crippen LogP) is 1.95. The zero-order valence-electron chi connectivity index (χ0n) is 13.3. The summed E-state index contributed by atoms with van der Waals surface area (Å²) in [5.41, 5.74) is 0.845. The van der Waals surface area contributed by atoms with Crippen molar-refractivity contribution in [2.45, 2.75) is 43.6 Å². The number of nitrogens with zero attached hydrogens (tertiary/aromatic N) is 2. The van der Waals surface area contributed by atoms with Gasteiger partial charge in [-0.1, -0.05) is 0 Å². The SMILES string of the molecule is CCNC(=NCC(O)c1ccncc1)NC1CCC(SC)C1. The highest BCUT2D eigenvalue weighted by Crippen LogP contribution is 2.28. The van der Waals surface area contributed by atoms with Gasteiger partial charge < -0.3 is 15.7 Å². The van der Waals surface area contributed by atoms with Gasteiger partial charge in [-0.2, -0.15) is 11.8 Å². The standard InChI is InChI=1S/C16H26N4OS/c1-3-18-16(20-13-4-5-14(10-13)22-2)19-11-15(21)12-6-8-17-9-7-12/h6-9,13-15,21H,3-5,10-11H2,1-2H3,(H2,18,19,20). The lowest BCUT2D eigenvalue weighted by Gasteiger charge is -2.18. The van der Waals surface area contributed by atoms with Crippen molar-refractivity contribution in [2.75, 3.05) is 19.3 Å². The molecule has 2 rings (SSSR count). The maximum atomic E-state index is 10.2. The molecule has 22 heavy (non-hydrogen) atoms. The van der Waals surface area contributed by atoms with Crippen LogP contribution in [0.3, 0.4) is 0 Å². The van der Waals surface area contributed by atoms with Crippen LogP contribution >= 0.6 is 11.8 Å². The summed E-state index contributed by atoms with van der Waals surface area (Å²) < 4.78 is 0. The average Bonchev–Trinajstić information content (AvgIpc) is 3.01. The van der Waals surface area contributed by atoms with Gasteiger partial charge in [-0.3, -0.25) is 9.98 Å². The quantitative estimate of drug-likeness (QED) is 0.552. The maximum absolute atomic E-state index is 10.2. The maximum Gasteiger partial charge on any atom is 0.191 e. The monoisotopic (exact) mass is 322 g/mol. The van der Waals surface area contributed by atoms with Crippen LogP contribution < -0.4 is 10.6 Å². The average molecular weight is 322 g/mol. The first kappa shape index (κ1) is 17.1. The van der Waals surface area contributed by atoms with Gasteiger partial charge in [0.05, 0.1) is 12.6 Å². The molecule has 1 aliphatic rings. The molecule has 1 aromatic heterocycles. The van der Waals surface area contributed by atoms with Crippen molar-refractivity contribution in [2.24, 2.45) is 4.99 Å². The van der Waals surface area contributed by atoms with E-state index in [1.807, 2.05) is 23.9 Å². The van der Waals surface area contributed by atoms with Crippen molar-refractivity contribution in [3.05, 3.63) is 30.1 Å². The Hall–Kier alpha value is -1.27. The fraction of sp³-hybridized carbons (Fsp3) is 0.625. The van der Waals surface area contributed by atoms with E-state index in [9.17, 15) is 5.11 Å². The summed E-state index contributed by atoms with van der Waals surface area (Å²) in [6.45, 7) is 3.21. The van der Waals surface area contributed by atoms with Crippen LogP contribution in [0.4, 0.5) is 0 Å². The van der Waals surface area contributed by atoms with Gasteiger partial charge in [0.1, 0.15) is 0 Å². The molecule has 3 unspecified atom stereocenters. The fourth-order valence-electron chi connectivity index (χ4n) is 2.67. The Kier molecular flexibility index (Phi) is 6.99.